The van der Waals surface area contributed by atoms with Crippen molar-refractivity contribution in [1.82, 2.24) is 15.2 Å². The zero-order valence-corrected chi connectivity index (χ0v) is 10.3. The predicted octanol–water partition coefficient (Wildman–Crippen LogP) is 1.14. The van der Waals surface area contributed by atoms with Crippen LogP contribution in [0.5, 0.6) is 0 Å². The van der Waals surface area contributed by atoms with Crippen LogP contribution in [0, 0.1) is 0 Å². The number of anilines is 1. The van der Waals surface area contributed by atoms with Crippen LogP contribution in [0.2, 0.25) is 0 Å². The van der Waals surface area contributed by atoms with Crippen molar-refractivity contribution in [3.05, 3.63) is 24.3 Å². The van der Waals surface area contributed by atoms with Crippen LogP contribution in [-0.4, -0.2) is 33.8 Å². The van der Waals surface area contributed by atoms with Crippen LogP contribution >= 0.6 is 12.2 Å². The van der Waals surface area contributed by atoms with Crippen LogP contribution in [0.4, 0.5) is 5.95 Å². The fourth-order valence-corrected chi connectivity index (χ4v) is 1.50. The summed E-state index contributed by atoms with van der Waals surface area (Å²) in [7, 11) is 1.89. The molecule has 1 aromatic heterocycles. The molecule has 88 valence electrons. The van der Waals surface area contributed by atoms with Crippen LogP contribution in [0.25, 0.3) is 11.0 Å². The molecule has 0 aliphatic heterocycles. The molecule has 5 nitrogen and oxygen atoms in total. The van der Waals surface area contributed by atoms with Gasteiger partial charge in [-0.2, -0.15) is 0 Å². The Morgan fingerprint density at radius 2 is 2.00 bits per heavy atom. The van der Waals surface area contributed by atoms with Gasteiger partial charge in [0, 0.05) is 20.0 Å². The normalized spacial score (nSPS) is 10.4. The molecule has 0 spiro atoms. The summed E-state index contributed by atoms with van der Waals surface area (Å²) in [6.07, 6.45) is 0.641. The van der Waals surface area contributed by atoms with Crippen molar-refractivity contribution >= 4 is 34.2 Å². The van der Waals surface area contributed by atoms with Gasteiger partial charge in [-0.3, -0.25) is 0 Å². The summed E-state index contributed by atoms with van der Waals surface area (Å²) in [5.74, 6) is 0.583. The van der Waals surface area contributed by atoms with Gasteiger partial charge in [0.05, 0.1) is 10.5 Å². The number of rotatable bonds is 4. The molecule has 0 unspecified atom stereocenters. The van der Waals surface area contributed by atoms with E-state index in [1.54, 1.807) is 0 Å². The first kappa shape index (κ1) is 11.7. The minimum atomic E-state index is 0.491. The Balaban J connectivity index is 2.20. The van der Waals surface area contributed by atoms with Crippen molar-refractivity contribution in [1.29, 1.82) is 0 Å². The van der Waals surface area contributed by atoms with Crippen molar-refractivity contribution in [2.45, 2.75) is 6.42 Å². The molecule has 2 N–H and O–H groups in total. The maximum absolute atomic E-state index is 5.46. The van der Waals surface area contributed by atoms with Crippen LogP contribution in [0.1, 0.15) is 6.42 Å². The van der Waals surface area contributed by atoms with Gasteiger partial charge >= 0.3 is 0 Å². The van der Waals surface area contributed by atoms with Gasteiger partial charge in [-0.15, -0.1) is 10.2 Å². The lowest BCUT2D eigenvalue weighted by atomic mass is 10.3. The van der Waals surface area contributed by atoms with Gasteiger partial charge in [-0.05, 0) is 12.1 Å². The Morgan fingerprint density at radius 1 is 1.29 bits per heavy atom. The zero-order chi connectivity index (χ0) is 12.3. The molecule has 6 heteroatoms. The summed E-state index contributed by atoms with van der Waals surface area (Å²) >= 11 is 4.84. The number of aromatic nitrogens is 3. The van der Waals surface area contributed by atoms with E-state index in [1.807, 2.05) is 36.2 Å². The Kier molecular flexibility index (Phi) is 3.43. The van der Waals surface area contributed by atoms with Crippen LogP contribution in [-0.2, 0) is 0 Å². The number of hydrogen-bond donors (Lipinski definition) is 1. The van der Waals surface area contributed by atoms with Crippen molar-refractivity contribution in [2.75, 3.05) is 18.5 Å². The Labute approximate surface area is 105 Å². The van der Waals surface area contributed by atoms with Gasteiger partial charge in [-0.25, -0.2) is 4.98 Å². The summed E-state index contributed by atoms with van der Waals surface area (Å²) in [6, 6.07) is 7.63. The van der Waals surface area contributed by atoms with Crippen LogP contribution in [0.3, 0.4) is 0 Å². The van der Waals surface area contributed by atoms with E-state index in [2.05, 4.69) is 15.2 Å². The highest BCUT2D eigenvalue weighted by Crippen LogP contribution is 2.11. The van der Waals surface area contributed by atoms with Gasteiger partial charge in [0.1, 0.15) is 5.52 Å². The van der Waals surface area contributed by atoms with E-state index >= 15 is 0 Å². The third-order valence-electron chi connectivity index (χ3n) is 2.38. The smallest absolute Gasteiger partial charge is 0.245 e. The number of hydrogen-bond acceptors (Lipinski definition) is 5. The number of thiocarbonyl (C=S) groups is 1. The quantitative estimate of drug-likeness (QED) is 0.817. The first-order valence-electron chi connectivity index (χ1n) is 5.26. The molecule has 1 heterocycles. The molecule has 0 amide bonds. The number of fused-ring (bicyclic) bond motifs is 1. The highest BCUT2D eigenvalue weighted by molar-refractivity contribution is 7.80. The second-order valence-electron chi connectivity index (χ2n) is 3.74. The summed E-state index contributed by atoms with van der Waals surface area (Å²) in [5.41, 5.74) is 7.08. The minimum absolute atomic E-state index is 0.491. The average Bonchev–Trinajstić information content (AvgIpc) is 2.35. The first-order chi connectivity index (χ1) is 8.16. The molecule has 0 atom stereocenters. The van der Waals surface area contributed by atoms with E-state index in [0.29, 0.717) is 23.9 Å². The van der Waals surface area contributed by atoms with Gasteiger partial charge in [0.15, 0.2) is 0 Å². The van der Waals surface area contributed by atoms with Crippen molar-refractivity contribution in [3.8, 4) is 0 Å². The molecular weight excluding hydrogens is 234 g/mol. The number of benzene rings is 1. The number of para-hydroxylation sites is 1. The van der Waals surface area contributed by atoms with E-state index in [1.165, 1.54) is 0 Å². The lowest BCUT2D eigenvalue weighted by molar-refractivity contribution is 0.849. The molecule has 0 aliphatic rings. The SMILES string of the molecule is CN(CCC(N)=S)c1nnc2ccccc2n1. The third-order valence-corrected chi connectivity index (χ3v) is 2.59. The molecule has 0 aliphatic carbocycles. The third kappa shape index (κ3) is 2.85. The van der Waals surface area contributed by atoms with Crippen LogP contribution < -0.4 is 10.6 Å². The number of nitrogens with two attached hydrogens (primary N) is 1. The standard InChI is InChI=1S/C11H13N5S/c1-16(7-6-10(12)17)11-13-8-4-2-3-5-9(8)14-15-11/h2-5H,6-7H2,1H3,(H2,12,17). The first-order valence-corrected chi connectivity index (χ1v) is 5.66. The zero-order valence-electron chi connectivity index (χ0n) is 9.50. The van der Waals surface area contributed by atoms with E-state index in [0.717, 1.165) is 11.0 Å². The number of nitrogens with zero attached hydrogens (tertiary/aromatic N) is 4. The Hall–Kier alpha value is -1.82. The van der Waals surface area contributed by atoms with Crippen LogP contribution in [0.15, 0.2) is 24.3 Å². The van der Waals surface area contributed by atoms with Gasteiger partial charge in [-0.1, -0.05) is 24.4 Å². The van der Waals surface area contributed by atoms with E-state index in [9.17, 15) is 0 Å². The molecule has 0 bridgehead atoms. The van der Waals surface area contributed by atoms with E-state index in [-0.39, 0.29) is 0 Å². The largest absolute Gasteiger partial charge is 0.393 e. The van der Waals surface area contributed by atoms with Crippen molar-refractivity contribution in [2.24, 2.45) is 5.73 Å². The topological polar surface area (TPSA) is 67.9 Å². The molecule has 0 fully saturated rings. The minimum Gasteiger partial charge on any atom is -0.393 e. The second kappa shape index (κ2) is 5.01. The van der Waals surface area contributed by atoms with E-state index < -0.39 is 0 Å². The Morgan fingerprint density at radius 3 is 2.71 bits per heavy atom. The summed E-state index contributed by atoms with van der Waals surface area (Å²) in [4.78, 5) is 6.80. The highest BCUT2D eigenvalue weighted by Gasteiger charge is 2.06. The van der Waals surface area contributed by atoms with Gasteiger partial charge in [0.2, 0.25) is 5.95 Å². The molecule has 0 saturated carbocycles. The molecule has 1 aromatic carbocycles. The summed E-state index contributed by atoms with van der Waals surface area (Å²) in [6.45, 7) is 0.690. The maximum Gasteiger partial charge on any atom is 0.245 e. The Bertz CT molecular complexity index is 542. The highest BCUT2D eigenvalue weighted by atomic mass is 32.1. The molecule has 0 saturated heterocycles. The van der Waals surface area contributed by atoms with Gasteiger partial charge in [0.25, 0.3) is 0 Å². The lowest BCUT2D eigenvalue weighted by Crippen LogP contribution is -2.25. The molecular formula is C11H13N5S. The fraction of sp³-hybridized carbons (Fsp3) is 0.273. The summed E-state index contributed by atoms with van der Waals surface area (Å²) in [5, 5.41) is 8.18. The van der Waals surface area contributed by atoms with Crippen molar-refractivity contribution in [3.63, 3.8) is 0 Å². The maximum atomic E-state index is 5.46. The monoisotopic (exact) mass is 247 g/mol. The fourth-order valence-electron chi connectivity index (χ4n) is 1.41. The predicted molar refractivity (Wildman–Crippen MR) is 72.0 cm³/mol. The molecule has 2 rings (SSSR count). The van der Waals surface area contributed by atoms with E-state index in [4.69, 9.17) is 18.0 Å². The second-order valence-corrected chi connectivity index (χ2v) is 4.26. The van der Waals surface area contributed by atoms with Gasteiger partial charge < -0.3 is 10.6 Å². The molecule has 0 radical (unpaired) electrons. The molecule has 17 heavy (non-hydrogen) atoms. The van der Waals surface area contributed by atoms with Crippen molar-refractivity contribution < 1.29 is 0 Å². The molecule has 2 aromatic rings. The average molecular weight is 247 g/mol. The summed E-state index contributed by atoms with van der Waals surface area (Å²) < 4.78 is 0. The lowest BCUT2D eigenvalue weighted by Gasteiger charge is -2.15.